The molecule has 36 heavy (non-hydrogen) atoms. The molecule has 2 aromatic heterocycles. The van der Waals surface area contributed by atoms with Crippen LogP contribution in [0.15, 0.2) is 42.6 Å². The molecule has 0 saturated carbocycles. The van der Waals surface area contributed by atoms with Gasteiger partial charge in [0.15, 0.2) is 0 Å². The molecule has 2 aliphatic heterocycles. The molecule has 5 rings (SSSR count). The van der Waals surface area contributed by atoms with E-state index in [0.717, 1.165) is 47.7 Å². The summed E-state index contributed by atoms with van der Waals surface area (Å²) in [7, 11) is 0. The molecule has 1 saturated heterocycles. The van der Waals surface area contributed by atoms with Gasteiger partial charge in [-0.2, -0.15) is 13.2 Å². The minimum absolute atomic E-state index is 0.0261. The van der Waals surface area contributed by atoms with Crippen molar-refractivity contribution >= 4 is 23.0 Å². The minimum atomic E-state index is -4.46. The summed E-state index contributed by atoms with van der Waals surface area (Å²) in [6.45, 7) is 7.08. The Hall–Kier alpha value is -3.36. The maximum atomic E-state index is 13.6. The van der Waals surface area contributed by atoms with Gasteiger partial charge in [0.1, 0.15) is 17.5 Å². The lowest BCUT2D eigenvalue weighted by Crippen LogP contribution is -2.29. The normalized spacial score (nSPS) is 16.3. The monoisotopic (exact) mass is 496 g/mol. The number of nitrogens with zero attached hydrogens (tertiary/aromatic N) is 5. The standard InChI is InChI=1S/C27H31F3N6/c1-18(2)24-33-23-12-17-36(26-22(27(28,29)30)6-5-13-31-26)16-11-21(23)25(34-24)32-19-7-9-20(10-8-19)35-14-3-4-15-35/h5-10,13,18H,3-4,11-12,14-17H2,1-2H3,(H,32,33,34). The molecule has 1 N–H and O–H groups in total. The van der Waals surface area contributed by atoms with Gasteiger partial charge >= 0.3 is 6.18 Å². The van der Waals surface area contributed by atoms with E-state index < -0.39 is 11.7 Å². The van der Waals surface area contributed by atoms with Gasteiger partial charge in [-0.05, 0) is 55.7 Å². The second kappa shape index (κ2) is 9.95. The fourth-order valence-electron chi connectivity index (χ4n) is 4.93. The number of benzene rings is 1. The van der Waals surface area contributed by atoms with Crippen LogP contribution in [-0.2, 0) is 19.0 Å². The second-order valence-corrected chi connectivity index (χ2v) is 9.74. The molecule has 6 nitrogen and oxygen atoms in total. The van der Waals surface area contributed by atoms with Gasteiger partial charge < -0.3 is 15.1 Å². The van der Waals surface area contributed by atoms with Gasteiger partial charge in [-0.1, -0.05) is 13.8 Å². The van der Waals surface area contributed by atoms with E-state index in [1.165, 1.54) is 30.8 Å². The van der Waals surface area contributed by atoms with E-state index >= 15 is 0 Å². The van der Waals surface area contributed by atoms with E-state index in [9.17, 15) is 13.2 Å². The zero-order valence-electron chi connectivity index (χ0n) is 20.6. The molecular formula is C27H31F3N6. The lowest BCUT2D eigenvalue weighted by atomic mass is 10.1. The number of alkyl halides is 3. The van der Waals surface area contributed by atoms with Crippen molar-refractivity contribution in [3.8, 4) is 0 Å². The first-order valence-corrected chi connectivity index (χ1v) is 12.6. The van der Waals surface area contributed by atoms with Gasteiger partial charge in [0, 0.05) is 61.7 Å². The van der Waals surface area contributed by atoms with Crippen molar-refractivity contribution in [2.75, 3.05) is 41.3 Å². The van der Waals surface area contributed by atoms with Gasteiger partial charge in [0.2, 0.25) is 0 Å². The number of aromatic nitrogens is 3. The number of anilines is 4. The zero-order valence-corrected chi connectivity index (χ0v) is 20.6. The van der Waals surface area contributed by atoms with Crippen LogP contribution < -0.4 is 15.1 Å². The van der Waals surface area contributed by atoms with Gasteiger partial charge in [-0.3, -0.25) is 0 Å². The maximum absolute atomic E-state index is 13.6. The topological polar surface area (TPSA) is 57.2 Å². The highest BCUT2D eigenvalue weighted by molar-refractivity contribution is 5.64. The highest BCUT2D eigenvalue weighted by Gasteiger charge is 2.36. The molecule has 4 heterocycles. The Morgan fingerprint density at radius 2 is 1.61 bits per heavy atom. The molecular weight excluding hydrogens is 465 g/mol. The first kappa shape index (κ1) is 24.3. The molecule has 1 aromatic carbocycles. The maximum Gasteiger partial charge on any atom is 0.419 e. The van der Waals surface area contributed by atoms with E-state index in [1.807, 2.05) is 13.8 Å². The summed E-state index contributed by atoms with van der Waals surface area (Å²) in [4.78, 5) is 17.8. The van der Waals surface area contributed by atoms with Crippen molar-refractivity contribution in [3.63, 3.8) is 0 Å². The molecule has 190 valence electrons. The molecule has 0 radical (unpaired) electrons. The molecule has 3 aromatic rings. The smallest absolute Gasteiger partial charge is 0.372 e. The van der Waals surface area contributed by atoms with Gasteiger partial charge in [-0.25, -0.2) is 15.0 Å². The molecule has 0 aliphatic carbocycles. The molecule has 0 amide bonds. The third-order valence-electron chi connectivity index (χ3n) is 6.87. The summed E-state index contributed by atoms with van der Waals surface area (Å²) in [5.41, 5.74) is 3.28. The van der Waals surface area contributed by atoms with Crippen molar-refractivity contribution in [3.05, 3.63) is 65.2 Å². The molecule has 0 unspecified atom stereocenters. The van der Waals surface area contributed by atoms with Crippen LogP contribution >= 0.6 is 0 Å². The average molecular weight is 497 g/mol. The van der Waals surface area contributed by atoms with Crippen molar-refractivity contribution in [2.24, 2.45) is 0 Å². The number of rotatable bonds is 5. The molecule has 0 atom stereocenters. The van der Waals surface area contributed by atoms with E-state index in [-0.39, 0.29) is 11.7 Å². The predicted molar refractivity (Wildman–Crippen MR) is 136 cm³/mol. The lowest BCUT2D eigenvalue weighted by Gasteiger charge is -2.24. The summed E-state index contributed by atoms with van der Waals surface area (Å²) >= 11 is 0. The minimum Gasteiger partial charge on any atom is -0.372 e. The summed E-state index contributed by atoms with van der Waals surface area (Å²) in [5.74, 6) is 1.56. The van der Waals surface area contributed by atoms with Crippen LogP contribution in [0.1, 0.15) is 55.3 Å². The number of hydrogen-bond acceptors (Lipinski definition) is 6. The number of fused-ring (bicyclic) bond motifs is 1. The van der Waals surface area contributed by atoms with Crippen LogP contribution in [0.5, 0.6) is 0 Å². The number of pyridine rings is 1. The Balaban J connectivity index is 1.42. The SMILES string of the molecule is CC(C)c1nc2c(c(Nc3ccc(N4CCCC4)cc3)n1)CCN(c1ncccc1C(F)(F)F)CC2. The van der Waals surface area contributed by atoms with Crippen LogP contribution in [0.2, 0.25) is 0 Å². The number of halogens is 3. The highest BCUT2D eigenvalue weighted by Crippen LogP contribution is 2.36. The van der Waals surface area contributed by atoms with Crippen molar-refractivity contribution in [1.82, 2.24) is 15.0 Å². The van der Waals surface area contributed by atoms with Crippen LogP contribution in [0.4, 0.5) is 36.2 Å². The Morgan fingerprint density at radius 1 is 0.889 bits per heavy atom. The zero-order chi connectivity index (χ0) is 25.3. The van der Waals surface area contributed by atoms with Gasteiger partial charge in [-0.15, -0.1) is 0 Å². The Bertz CT molecular complexity index is 1200. The number of nitrogens with one attached hydrogen (secondary N) is 1. The first-order chi connectivity index (χ1) is 17.3. The van der Waals surface area contributed by atoms with Crippen molar-refractivity contribution < 1.29 is 13.2 Å². The Kier molecular flexibility index (Phi) is 6.73. The summed E-state index contributed by atoms with van der Waals surface area (Å²) in [5, 5.41) is 3.48. The van der Waals surface area contributed by atoms with E-state index in [0.29, 0.717) is 25.9 Å². The molecule has 2 aliphatic rings. The fourth-order valence-corrected chi connectivity index (χ4v) is 4.93. The molecule has 9 heteroatoms. The van der Waals surface area contributed by atoms with Gasteiger partial charge in [0.25, 0.3) is 0 Å². The van der Waals surface area contributed by atoms with Crippen molar-refractivity contribution in [2.45, 2.75) is 51.6 Å². The van der Waals surface area contributed by atoms with Crippen LogP contribution in [0.25, 0.3) is 0 Å². The van der Waals surface area contributed by atoms with Crippen LogP contribution in [-0.4, -0.2) is 41.1 Å². The average Bonchev–Trinajstić information content (AvgIpc) is 3.31. The first-order valence-electron chi connectivity index (χ1n) is 12.6. The van der Waals surface area contributed by atoms with E-state index in [4.69, 9.17) is 9.97 Å². The summed E-state index contributed by atoms with van der Waals surface area (Å²) in [6.07, 6.45) is 0.458. The third kappa shape index (κ3) is 5.10. The Morgan fingerprint density at radius 3 is 2.31 bits per heavy atom. The lowest BCUT2D eigenvalue weighted by molar-refractivity contribution is -0.137. The predicted octanol–water partition coefficient (Wildman–Crippen LogP) is 5.96. The van der Waals surface area contributed by atoms with Crippen LogP contribution in [0.3, 0.4) is 0 Å². The van der Waals surface area contributed by atoms with Crippen molar-refractivity contribution in [1.29, 1.82) is 0 Å². The molecule has 0 bridgehead atoms. The third-order valence-corrected chi connectivity index (χ3v) is 6.87. The molecule has 1 fully saturated rings. The largest absolute Gasteiger partial charge is 0.419 e. The Labute approximate surface area is 209 Å². The number of hydrogen-bond donors (Lipinski definition) is 1. The summed E-state index contributed by atoms with van der Waals surface area (Å²) < 4.78 is 40.9. The van der Waals surface area contributed by atoms with E-state index in [2.05, 4.69) is 39.5 Å². The fraction of sp³-hybridized carbons (Fsp3) is 0.444. The highest BCUT2D eigenvalue weighted by atomic mass is 19.4. The summed E-state index contributed by atoms with van der Waals surface area (Å²) in [6, 6.07) is 10.8. The quantitative estimate of drug-likeness (QED) is 0.470. The molecule has 0 spiro atoms. The second-order valence-electron chi connectivity index (χ2n) is 9.74. The van der Waals surface area contributed by atoms with Crippen LogP contribution in [0, 0.1) is 0 Å². The van der Waals surface area contributed by atoms with Gasteiger partial charge in [0.05, 0.1) is 11.3 Å². The van der Waals surface area contributed by atoms with E-state index in [1.54, 1.807) is 4.90 Å².